The van der Waals surface area contributed by atoms with Gasteiger partial charge in [-0.1, -0.05) is 11.6 Å². The van der Waals surface area contributed by atoms with Gasteiger partial charge in [0, 0.05) is 23.0 Å². The van der Waals surface area contributed by atoms with Crippen molar-refractivity contribution in [1.29, 1.82) is 0 Å². The lowest BCUT2D eigenvalue weighted by Crippen LogP contribution is -2.14. The van der Waals surface area contributed by atoms with Gasteiger partial charge in [-0.2, -0.15) is 13.2 Å². The Hall–Kier alpha value is -0.810. The smallest absolute Gasteiger partial charge is 0.324 e. The van der Waals surface area contributed by atoms with E-state index >= 15 is 0 Å². The molecular weight excluding hydrogens is 258 g/mol. The third-order valence-corrected chi connectivity index (χ3v) is 2.57. The Bertz CT molecular complexity index is 378. The van der Waals surface area contributed by atoms with Gasteiger partial charge in [0.1, 0.15) is 5.82 Å². The molecule has 1 nitrogen and oxygen atoms in total. The van der Waals surface area contributed by atoms with E-state index in [1.54, 1.807) is 0 Å². The molecule has 17 heavy (non-hydrogen) atoms. The lowest BCUT2D eigenvalue weighted by atomic mass is 10.0. The van der Waals surface area contributed by atoms with Gasteiger partial charge in [0.15, 0.2) is 0 Å². The monoisotopic (exact) mass is 269 g/mol. The molecule has 0 heterocycles. The molecule has 2 N–H and O–H groups in total. The molecule has 1 rings (SSSR count). The molecule has 0 spiro atoms. The molecule has 6 heteroatoms. The summed E-state index contributed by atoms with van der Waals surface area (Å²) < 4.78 is 49.1. The SMILES string of the molecule is NC(CCCC(F)(F)F)c1cc(Cl)ccc1F. The van der Waals surface area contributed by atoms with Gasteiger partial charge >= 0.3 is 6.18 Å². The van der Waals surface area contributed by atoms with Crippen molar-refractivity contribution in [2.45, 2.75) is 31.5 Å². The van der Waals surface area contributed by atoms with Crippen molar-refractivity contribution in [3.63, 3.8) is 0 Å². The van der Waals surface area contributed by atoms with Gasteiger partial charge in [-0.15, -0.1) is 0 Å². The molecule has 0 aliphatic heterocycles. The molecule has 0 fully saturated rings. The van der Waals surface area contributed by atoms with Gasteiger partial charge in [0.2, 0.25) is 0 Å². The number of nitrogens with two attached hydrogens (primary N) is 1. The zero-order chi connectivity index (χ0) is 13.1. The topological polar surface area (TPSA) is 26.0 Å². The van der Waals surface area contributed by atoms with Crippen molar-refractivity contribution in [1.82, 2.24) is 0 Å². The van der Waals surface area contributed by atoms with Crippen molar-refractivity contribution in [2.75, 3.05) is 0 Å². The van der Waals surface area contributed by atoms with Gasteiger partial charge < -0.3 is 5.73 Å². The minimum absolute atomic E-state index is 0.0662. The Kier molecular flexibility index (Phi) is 4.77. The number of rotatable bonds is 4. The molecule has 0 bridgehead atoms. The second kappa shape index (κ2) is 5.69. The van der Waals surface area contributed by atoms with Gasteiger partial charge in [-0.3, -0.25) is 0 Å². The Morgan fingerprint density at radius 3 is 2.53 bits per heavy atom. The molecule has 0 aliphatic rings. The van der Waals surface area contributed by atoms with Crippen molar-refractivity contribution >= 4 is 11.6 Å². The number of halogens is 5. The zero-order valence-corrected chi connectivity index (χ0v) is 9.65. The zero-order valence-electron chi connectivity index (χ0n) is 8.90. The van der Waals surface area contributed by atoms with Crippen LogP contribution in [0.15, 0.2) is 18.2 Å². The van der Waals surface area contributed by atoms with Crippen LogP contribution in [0.3, 0.4) is 0 Å². The van der Waals surface area contributed by atoms with Crippen LogP contribution in [0.25, 0.3) is 0 Å². The maximum atomic E-state index is 13.3. The van der Waals surface area contributed by atoms with Gasteiger partial charge in [-0.25, -0.2) is 4.39 Å². The molecule has 0 saturated carbocycles. The Balaban J connectivity index is 2.58. The summed E-state index contributed by atoms with van der Waals surface area (Å²) in [6, 6.07) is 3.09. The number of alkyl halides is 3. The summed E-state index contributed by atoms with van der Waals surface area (Å²) in [5.41, 5.74) is 5.78. The molecule has 1 unspecified atom stereocenters. The molecule has 1 aromatic rings. The number of hydrogen-bond acceptors (Lipinski definition) is 1. The van der Waals surface area contributed by atoms with Crippen LogP contribution in [-0.2, 0) is 0 Å². The van der Waals surface area contributed by atoms with E-state index in [0.717, 1.165) is 6.07 Å². The van der Waals surface area contributed by atoms with Crippen molar-refractivity contribution in [3.05, 3.63) is 34.6 Å². The van der Waals surface area contributed by atoms with Crippen LogP contribution in [0.5, 0.6) is 0 Å². The maximum absolute atomic E-state index is 13.3. The normalized spacial score (nSPS) is 13.8. The van der Waals surface area contributed by atoms with Crippen LogP contribution < -0.4 is 5.73 Å². The fraction of sp³-hybridized carbons (Fsp3) is 0.455. The highest BCUT2D eigenvalue weighted by Crippen LogP contribution is 2.27. The lowest BCUT2D eigenvalue weighted by Gasteiger charge is -2.14. The van der Waals surface area contributed by atoms with E-state index < -0.39 is 24.5 Å². The third kappa shape index (κ3) is 4.91. The first-order chi connectivity index (χ1) is 7.79. The summed E-state index contributed by atoms with van der Waals surface area (Å²) in [7, 11) is 0. The van der Waals surface area contributed by atoms with Crippen LogP contribution in [0.1, 0.15) is 30.9 Å². The first-order valence-corrected chi connectivity index (χ1v) is 5.44. The predicted molar refractivity (Wildman–Crippen MR) is 58.2 cm³/mol. The highest BCUT2D eigenvalue weighted by atomic mass is 35.5. The Morgan fingerprint density at radius 2 is 1.94 bits per heavy atom. The second-order valence-electron chi connectivity index (χ2n) is 3.78. The van der Waals surface area contributed by atoms with E-state index in [2.05, 4.69) is 0 Å². The minimum atomic E-state index is -4.20. The summed E-state index contributed by atoms with van der Waals surface area (Å²) in [6.07, 6.45) is -5.18. The van der Waals surface area contributed by atoms with Crippen LogP contribution in [0.4, 0.5) is 17.6 Å². The van der Waals surface area contributed by atoms with Crippen LogP contribution in [-0.4, -0.2) is 6.18 Å². The molecule has 1 aromatic carbocycles. The fourth-order valence-corrected chi connectivity index (χ4v) is 1.66. The number of hydrogen-bond donors (Lipinski definition) is 1. The van der Waals surface area contributed by atoms with Crippen molar-refractivity contribution in [3.8, 4) is 0 Å². The van der Waals surface area contributed by atoms with Crippen molar-refractivity contribution in [2.24, 2.45) is 5.73 Å². The van der Waals surface area contributed by atoms with Crippen LogP contribution >= 0.6 is 11.6 Å². The van der Waals surface area contributed by atoms with E-state index in [1.165, 1.54) is 12.1 Å². The van der Waals surface area contributed by atoms with E-state index in [1.807, 2.05) is 0 Å². The molecular formula is C11H12ClF4N. The predicted octanol–water partition coefficient (Wildman–Crippen LogP) is 4.21. The highest BCUT2D eigenvalue weighted by Gasteiger charge is 2.26. The molecule has 0 saturated heterocycles. The van der Waals surface area contributed by atoms with Gasteiger partial charge in [0.05, 0.1) is 0 Å². The molecule has 0 amide bonds. The van der Waals surface area contributed by atoms with Crippen molar-refractivity contribution < 1.29 is 17.6 Å². The quantitative estimate of drug-likeness (QED) is 0.814. The molecule has 1 atom stereocenters. The Labute approximate surface area is 102 Å². The summed E-state index contributed by atoms with van der Waals surface area (Å²) in [5.74, 6) is -0.547. The molecule has 0 aliphatic carbocycles. The van der Waals surface area contributed by atoms with Crippen LogP contribution in [0, 0.1) is 5.82 Å². The van der Waals surface area contributed by atoms with Gasteiger partial charge in [-0.05, 0) is 31.0 Å². The maximum Gasteiger partial charge on any atom is 0.389 e. The second-order valence-corrected chi connectivity index (χ2v) is 4.22. The largest absolute Gasteiger partial charge is 0.389 e. The van der Waals surface area contributed by atoms with E-state index in [9.17, 15) is 17.6 Å². The van der Waals surface area contributed by atoms with E-state index in [4.69, 9.17) is 17.3 Å². The fourth-order valence-electron chi connectivity index (χ4n) is 1.48. The summed E-state index contributed by atoms with van der Waals surface area (Å²) in [4.78, 5) is 0. The average molecular weight is 270 g/mol. The van der Waals surface area contributed by atoms with E-state index in [-0.39, 0.29) is 18.4 Å². The van der Waals surface area contributed by atoms with Gasteiger partial charge in [0.25, 0.3) is 0 Å². The van der Waals surface area contributed by atoms with Crippen LogP contribution in [0.2, 0.25) is 5.02 Å². The third-order valence-electron chi connectivity index (χ3n) is 2.33. The first-order valence-electron chi connectivity index (χ1n) is 5.07. The first kappa shape index (κ1) is 14.3. The number of benzene rings is 1. The minimum Gasteiger partial charge on any atom is -0.324 e. The molecule has 96 valence electrons. The standard InChI is InChI=1S/C11H12ClF4N/c12-7-3-4-9(13)8(6-7)10(17)2-1-5-11(14,15)16/h3-4,6,10H,1-2,5,17H2. The highest BCUT2D eigenvalue weighted by molar-refractivity contribution is 6.30. The molecule has 0 aromatic heterocycles. The summed E-state index contributed by atoms with van der Waals surface area (Å²) in [5, 5.41) is 0.313. The summed E-state index contributed by atoms with van der Waals surface area (Å²) in [6.45, 7) is 0. The summed E-state index contributed by atoms with van der Waals surface area (Å²) >= 11 is 5.67. The average Bonchev–Trinajstić information content (AvgIpc) is 2.19. The van der Waals surface area contributed by atoms with E-state index in [0.29, 0.717) is 5.02 Å². The Morgan fingerprint density at radius 1 is 1.29 bits per heavy atom. The molecule has 0 radical (unpaired) electrons. The lowest BCUT2D eigenvalue weighted by molar-refractivity contribution is -0.135.